The van der Waals surface area contributed by atoms with Crippen molar-refractivity contribution in [1.29, 1.82) is 0 Å². The van der Waals surface area contributed by atoms with Gasteiger partial charge in [0.1, 0.15) is 0 Å². The first-order valence-electron chi connectivity index (χ1n) is 14.3. The molecule has 0 radical (unpaired) electrons. The summed E-state index contributed by atoms with van der Waals surface area (Å²) in [6.45, 7) is 4.77. The molecule has 1 saturated heterocycles. The molecule has 0 bridgehead atoms. The molecular weight excluding hydrogens is 504 g/mol. The number of hydrogen-bond donors (Lipinski definition) is 0. The van der Waals surface area contributed by atoms with Crippen molar-refractivity contribution in [3.05, 3.63) is 77.4 Å². The third-order valence-corrected chi connectivity index (χ3v) is 7.57. The van der Waals surface area contributed by atoms with Crippen LogP contribution in [0.1, 0.15) is 83.1 Å². The first-order valence-corrected chi connectivity index (χ1v) is 14.3. The van der Waals surface area contributed by atoms with Crippen molar-refractivity contribution in [2.24, 2.45) is 0 Å². The second-order valence-corrected chi connectivity index (χ2v) is 10.4. The largest absolute Gasteiger partial charge is 0.490 e. The molecule has 3 aromatic carbocycles. The maximum absolute atomic E-state index is 15.2. The van der Waals surface area contributed by atoms with Gasteiger partial charge in [0, 0.05) is 17.0 Å². The van der Waals surface area contributed by atoms with Gasteiger partial charge in [-0.2, -0.15) is 4.39 Å². The predicted octanol–water partition coefficient (Wildman–Crippen LogP) is 9.99. The molecule has 2 unspecified atom stereocenters. The average Bonchev–Trinajstić information content (AvgIpc) is 2.96. The molecule has 4 rings (SSSR count). The van der Waals surface area contributed by atoms with Crippen LogP contribution in [0, 0.1) is 23.3 Å². The summed E-state index contributed by atoms with van der Waals surface area (Å²) in [5.41, 5.74) is 1.42. The van der Waals surface area contributed by atoms with Crippen molar-refractivity contribution in [1.82, 2.24) is 0 Å². The predicted molar refractivity (Wildman–Crippen MR) is 148 cm³/mol. The number of rotatable bonds is 12. The third kappa shape index (κ3) is 7.02. The van der Waals surface area contributed by atoms with E-state index in [9.17, 15) is 8.78 Å². The number of benzene rings is 3. The third-order valence-electron chi connectivity index (χ3n) is 7.57. The van der Waals surface area contributed by atoms with E-state index in [4.69, 9.17) is 9.47 Å². The summed E-state index contributed by atoms with van der Waals surface area (Å²) in [7, 11) is 0. The number of ether oxygens (including phenoxy) is 2. The highest BCUT2D eigenvalue weighted by molar-refractivity contribution is 5.72. The van der Waals surface area contributed by atoms with Crippen molar-refractivity contribution in [3.63, 3.8) is 0 Å². The van der Waals surface area contributed by atoms with Crippen LogP contribution in [0.3, 0.4) is 0 Å². The zero-order valence-corrected chi connectivity index (χ0v) is 22.9. The minimum absolute atomic E-state index is 0.0708. The van der Waals surface area contributed by atoms with E-state index in [1.54, 1.807) is 36.4 Å². The van der Waals surface area contributed by atoms with Crippen LogP contribution in [0.2, 0.25) is 0 Å². The zero-order chi connectivity index (χ0) is 27.8. The maximum Gasteiger partial charge on any atom is 0.201 e. The van der Waals surface area contributed by atoms with E-state index < -0.39 is 23.3 Å². The van der Waals surface area contributed by atoms with Crippen molar-refractivity contribution in [2.75, 3.05) is 13.2 Å². The molecule has 0 saturated carbocycles. The molecule has 1 aliphatic heterocycles. The number of unbranched alkanes of at least 4 members (excludes halogenated alkanes) is 4. The van der Waals surface area contributed by atoms with E-state index in [2.05, 4.69) is 6.92 Å². The molecule has 0 aromatic heterocycles. The van der Waals surface area contributed by atoms with Crippen molar-refractivity contribution in [2.45, 2.75) is 83.7 Å². The Hall–Kier alpha value is -2.86. The maximum atomic E-state index is 15.2. The molecule has 6 heteroatoms. The van der Waals surface area contributed by atoms with Gasteiger partial charge in [0.15, 0.2) is 23.2 Å². The van der Waals surface area contributed by atoms with Crippen LogP contribution in [0.15, 0.2) is 48.5 Å². The van der Waals surface area contributed by atoms with Crippen LogP contribution in [-0.4, -0.2) is 19.3 Å². The lowest BCUT2D eigenvalue weighted by Gasteiger charge is -2.30. The van der Waals surface area contributed by atoms with Gasteiger partial charge >= 0.3 is 0 Å². The first kappa shape index (κ1) is 29.1. The van der Waals surface area contributed by atoms with Gasteiger partial charge in [-0.3, -0.25) is 0 Å². The average molecular weight is 543 g/mol. The molecule has 39 heavy (non-hydrogen) atoms. The SMILES string of the molecule is CCCCCCCC1CCC(c2ccc(-c3ccc(-c4ccc(OCCC)c(F)c4F)cc3)c(F)c2F)CO1. The van der Waals surface area contributed by atoms with Crippen LogP contribution in [0.25, 0.3) is 22.3 Å². The van der Waals surface area contributed by atoms with Gasteiger partial charge in [0.2, 0.25) is 5.82 Å². The fourth-order valence-corrected chi connectivity index (χ4v) is 5.26. The second kappa shape index (κ2) is 14.0. The Morgan fingerprint density at radius 2 is 1.33 bits per heavy atom. The monoisotopic (exact) mass is 542 g/mol. The molecule has 2 atom stereocenters. The molecule has 3 aromatic rings. The summed E-state index contributed by atoms with van der Waals surface area (Å²) in [5.74, 6) is -4.11. The van der Waals surface area contributed by atoms with E-state index >= 15 is 8.78 Å². The molecule has 2 nitrogen and oxygen atoms in total. The lowest BCUT2D eigenvalue weighted by molar-refractivity contribution is -0.00283. The molecular formula is C33H38F4O2. The second-order valence-electron chi connectivity index (χ2n) is 10.4. The minimum atomic E-state index is -1.04. The Balaban J connectivity index is 1.42. The van der Waals surface area contributed by atoms with Crippen LogP contribution >= 0.6 is 0 Å². The molecule has 0 aliphatic carbocycles. The fourth-order valence-electron chi connectivity index (χ4n) is 5.26. The first-order chi connectivity index (χ1) is 18.9. The van der Waals surface area contributed by atoms with Gasteiger partial charge in [-0.15, -0.1) is 0 Å². The Labute approximate surface area is 229 Å². The van der Waals surface area contributed by atoms with Crippen LogP contribution in [0.4, 0.5) is 17.6 Å². The lowest BCUT2D eigenvalue weighted by atomic mass is 9.88. The van der Waals surface area contributed by atoms with Crippen LogP contribution in [-0.2, 0) is 4.74 Å². The Morgan fingerprint density at radius 1 is 0.692 bits per heavy atom. The quantitative estimate of drug-likeness (QED) is 0.167. The molecule has 0 spiro atoms. The molecule has 1 fully saturated rings. The topological polar surface area (TPSA) is 18.5 Å². The van der Waals surface area contributed by atoms with E-state index in [1.807, 2.05) is 6.92 Å². The molecule has 0 N–H and O–H groups in total. The molecule has 0 amide bonds. The highest BCUT2D eigenvalue weighted by Gasteiger charge is 2.27. The van der Waals surface area contributed by atoms with Gasteiger partial charge in [0.05, 0.1) is 19.3 Å². The lowest BCUT2D eigenvalue weighted by Crippen LogP contribution is -2.25. The van der Waals surface area contributed by atoms with E-state index in [0.717, 1.165) is 25.7 Å². The van der Waals surface area contributed by atoms with Gasteiger partial charge in [-0.05, 0) is 54.5 Å². The standard InChI is InChI=1S/C33H38F4O2/c1-3-5-6-7-8-9-25-15-14-24(21-39-25)28-17-16-26(30(34)31(28)35)22-10-12-23(13-11-22)27-18-19-29(38-20-4-2)33(37)32(27)36/h10-13,16-19,24-25H,3-9,14-15,20-21H2,1-2H3. The molecule has 1 aliphatic rings. The van der Waals surface area contributed by atoms with Gasteiger partial charge in [-0.1, -0.05) is 82.3 Å². The van der Waals surface area contributed by atoms with E-state index in [1.165, 1.54) is 37.8 Å². The number of hydrogen-bond acceptors (Lipinski definition) is 2. The normalized spacial score (nSPS) is 17.4. The summed E-state index contributed by atoms with van der Waals surface area (Å²) in [5, 5.41) is 0. The number of halogens is 4. The van der Waals surface area contributed by atoms with Crippen molar-refractivity contribution < 1.29 is 27.0 Å². The summed E-state index contributed by atoms with van der Waals surface area (Å²) in [6, 6.07) is 12.4. The van der Waals surface area contributed by atoms with Crippen molar-refractivity contribution >= 4 is 0 Å². The molecule has 210 valence electrons. The highest BCUT2D eigenvalue weighted by atomic mass is 19.2. The Kier molecular flexibility index (Phi) is 10.4. The van der Waals surface area contributed by atoms with E-state index in [0.29, 0.717) is 36.3 Å². The van der Waals surface area contributed by atoms with Crippen molar-refractivity contribution in [3.8, 4) is 28.0 Å². The molecule has 1 heterocycles. The summed E-state index contributed by atoms with van der Waals surface area (Å²) in [4.78, 5) is 0. The van der Waals surface area contributed by atoms with Gasteiger partial charge < -0.3 is 9.47 Å². The van der Waals surface area contributed by atoms with E-state index in [-0.39, 0.29) is 28.9 Å². The summed E-state index contributed by atoms with van der Waals surface area (Å²) in [6.07, 6.45) is 9.62. The Bertz CT molecular complexity index is 1220. The summed E-state index contributed by atoms with van der Waals surface area (Å²) >= 11 is 0. The Morgan fingerprint density at radius 3 is 1.95 bits per heavy atom. The smallest absolute Gasteiger partial charge is 0.201 e. The van der Waals surface area contributed by atoms with Gasteiger partial charge in [0.25, 0.3) is 0 Å². The zero-order valence-electron chi connectivity index (χ0n) is 22.9. The van der Waals surface area contributed by atoms with Crippen LogP contribution in [0.5, 0.6) is 5.75 Å². The van der Waals surface area contributed by atoms with Crippen LogP contribution < -0.4 is 4.74 Å². The highest BCUT2D eigenvalue weighted by Crippen LogP contribution is 2.36. The van der Waals surface area contributed by atoms with Gasteiger partial charge in [-0.25, -0.2) is 13.2 Å². The summed E-state index contributed by atoms with van der Waals surface area (Å²) < 4.78 is 70.7. The fraction of sp³-hybridized carbons (Fsp3) is 0.455. The minimum Gasteiger partial charge on any atom is -0.490 e.